The van der Waals surface area contributed by atoms with Gasteiger partial charge in [0.15, 0.2) is 5.82 Å². The molecule has 1 atom stereocenters. The lowest BCUT2D eigenvalue weighted by molar-refractivity contribution is -0.151. The molecule has 1 aromatic heterocycles. The Morgan fingerprint density at radius 2 is 2.05 bits per heavy atom. The predicted molar refractivity (Wildman–Crippen MR) is 66.3 cm³/mol. The van der Waals surface area contributed by atoms with Crippen LogP contribution in [-0.2, 0) is 16.0 Å². The Kier molecular flexibility index (Phi) is 4.63. The molecule has 7 heteroatoms. The smallest absolute Gasteiger partial charge is 0.316 e. The fourth-order valence-corrected chi connectivity index (χ4v) is 1.71. The number of carboxylic acid groups (broad SMARTS) is 1. The van der Waals surface area contributed by atoms with Gasteiger partial charge in [0.25, 0.3) is 0 Å². The maximum Gasteiger partial charge on any atom is 0.316 e. The summed E-state index contributed by atoms with van der Waals surface area (Å²) in [5, 5.41) is 15.3. The summed E-state index contributed by atoms with van der Waals surface area (Å²) >= 11 is 0. The van der Waals surface area contributed by atoms with Crippen LogP contribution in [0, 0.1) is 18.3 Å². The molecule has 0 aliphatic rings. The van der Waals surface area contributed by atoms with Gasteiger partial charge in [-0.3, -0.25) is 9.59 Å². The number of hydrogen-bond acceptors (Lipinski definition) is 5. The first kappa shape index (κ1) is 15.1. The average molecular weight is 269 g/mol. The van der Waals surface area contributed by atoms with Gasteiger partial charge in [-0.25, -0.2) is 0 Å². The third kappa shape index (κ3) is 4.35. The van der Waals surface area contributed by atoms with Crippen molar-refractivity contribution in [2.45, 2.75) is 34.1 Å². The normalized spacial score (nSPS) is 13.1. The monoisotopic (exact) mass is 269 g/mol. The lowest BCUT2D eigenvalue weighted by Crippen LogP contribution is -2.43. The first-order chi connectivity index (χ1) is 8.71. The number of aryl methyl sites for hydroxylation is 1. The molecule has 1 amide bonds. The highest BCUT2D eigenvalue weighted by Gasteiger charge is 2.37. The maximum absolute atomic E-state index is 11.9. The molecule has 0 saturated heterocycles. The molecule has 2 N–H and O–H groups in total. The second-order valence-corrected chi connectivity index (χ2v) is 5.41. The standard InChI is InChI=1S/C12H19N3O4/c1-7-14-8(19-15-7)5-6-13-10(16)9(11(17)18)12(2,3)4/h9H,5-6H2,1-4H3,(H,13,16)(H,17,18). The van der Waals surface area contributed by atoms with Gasteiger partial charge in [0.1, 0.15) is 5.92 Å². The first-order valence-electron chi connectivity index (χ1n) is 6.01. The van der Waals surface area contributed by atoms with Gasteiger partial charge in [-0.05, 0) is 12.3 Å². The molecular weight excluding hydrogens is 250 g/mol. The molecule has 1 rings (SSSR count). The van der Waals surface area contributed by atoms with Gasteiger partial charge in [-0.15, -0.1) is 0 Å². The van der Waals surface area contributed by atoms with Crippen LogP contribution in [0.2, 0.25) is 0 Å². The van der Waals surface area contributed by atoms with E-state index >= 15 is 0 Å². The number of aromatic nitrogens is 2. The van der Waals surface area contributed by atoms with Crippen LogP contribution in [0.15, 0.2) is 4.52 Å². The zero-order chi connectivity index (χ0) is 14.6. The topological polar surface area (TPSA) is 105 Å². The Morgan fingerprint density at radius 3 is 2.47 bits per heavy atom. The van der Waals surface area contributed by atoms with Crippen molar-refractivity contribution in [1.82, 2.24) is 15.5 Å². The summed E-state index contributed by atoms with van der Waals surface area (Å²) in [7, 11) is 0. The molecule has 19 heavy (non-hydrogen) atoms. The molecule has 0 aliphatic carbocycles. The van der Waals surface area contributed by atoms with Crippen molar-refractivity contribution in [3.05, 3.63) is 11.7 Å². The average Bonchev–Trinajstić information content (AvgIpc) is 2.61. The van der Waals surface area contributed by atoms with Gasteiger partial charge in [0.2, 0.25) is 11.8 Å². The highest BCUT2D eigenvalue weighted by Crippen LogP contribution is 2.26. The van der Waals surface area contributed by atoms with Gasteiger partial charge < -0.3 is 14.9 Å². The van der Waals surface area contributed by atoms with Crippen LogP contribution in [0.3, 0.4) is 0 Å². The Balaban J connectivity index is 2.52. The fraction of sp³-hybridized carbons (Fsp3) is 0.667. The van der Waals surface area contributed by atoms with Crippen molar-refractivity contribution in [2.75, 3.05) is 6.54 Å². The molecule has 0 aromatic carbocycles. The maximum atomic E-state index is 11.9. The van der Waals surface area contributed by atoms with E-state index in [-0.39, 0.29) is 6.54 Å². The quantitative estimate of drug-likeness (QED) is 0.765. The van der Waals surface area contributed by atoms with Crippen molar-refractivity contribution in [3.8, 4) is 0 Å². The molecular formula is C12H19N3O4. The molecule has 0 spiro atoms. The molecule has 0 fully saturated rings. The number of carbonyl (C=O) groups is 2. The van der Waals surface area contributed by atoms with Crippen LogP contribution in [0.25, 0.3) is 0 Å². The minimum Gasteiger partial charge on any atom is -0.481 e. The third-order valence-corrected chi connectivity index (χ3v) is 2.58. The van der Waals surface area contributed by atoms with E-state index < -0.39 is 23.2 Å². The van der Waals surface area contributed by atoms with Gasteiger partial charge >= 0.3 is 5.97 Å². The molecule has 1 unspecified atom stereocenters. The Labute approximate surface area is 111 Å². The SMILES string of the molecule is Cc1noc(CCNC(=O)C(C(=O)O)C(C)(C)C)n1. The van der Waals surface area contributed by atoms with Gasteiger partial charge in [-0.2, -0.15) is 4.98 Å². The summed E-state index contributed by atoms with van der Waals surface area (Å²) in [6.07, 6.45) is 0.378. The lowest BCUT2D eigenvalue weighted by Gasteiger charge is -2.25. The van der Waals surface area contributed by atoms with Crippen LogP contribution in [0.5, 0.6) is 0 Å². The van der Waals surface area contributed by atoms with Crippen LogP contribution in [0.1, 0.15) is 32.5 Å². The zero-order valence-electron chi connectivity index (χ0n) is 11.6. The van der Waals surface area contributed by atoms with E-state index in [1.54, 1.807) is 27.7 Å². The highest BCUT2D eigenvalue weighted by molar-refractivity contribution is 5.97. The minimum absolute atomic E-state index is 0.264. The molecule has 106 valence electrons. The van der Waals surface area contributed by atoms with Gasteiger partial charge in [0, 0.05) is 13.0 Å². The largest absolute Gasteiger partial charge is 0.481 e. The lowest BCUT2D eigenvalue weighted by atomic mass is 9.80. The molecule has 0 radical (unpaired) electrons. The number of amides is 1. The predicted octanol–water partition coefficient (Wildman–Crippen LogP) is 0.784. The van der Waals surface area contributed by atoms with Crippen molar-refractivity contribution in [3.63, 3.8) is 0 Å². The molecule has 0 saturated carbocycles. The van der Waals surface area contributed by atoms with Crippen LogP contribution in [-0.4, -0.2) is 33.7 Å². The fourth-order valence-electron chi connectivity index (χ4n) is 1.71. The number of carbonyl (C=O) groups excluding carboxylic acids is 1. The Bertz CT molecular complexity index is 462. The third-order valence-electron chi connectivity index (χ3n) is 2.58. The van der Waals surface area contributed by atoms with E-state index in [4.69, 9.17) is 9.63 Å². The number of nitrogens with one attached hydrogen (secondary N) is 1. The molecule has 1 aromatic rings. The number of hydrogen-bond donors (Lipinski definition) is 2. The van der Waals surface area contributed by atoms with Crippen molar-refractivity contribution in [2.24, 2.45) is 11.3 Å². The van der Waals surface area contributed by atoms with E-state index in [2.05, 4.69) is 15.5 Å². The summed E-state index contributed by atoms with van der Waals surface area (Å²) in [5.74, 6) is -1.77. The summed E-state index contributed by atoms with van der Waals surface area (Å²) < 4.78 is 4.89. The van der Waals surface area contributed by atoms with Gasteiger partial charge in [0.05, 0.1) is 0 Å². The highest BCUT2D eigenvalue weighted by atomic mass is 16.5. The number of carboxylic acids is 1. The number of nitrogens with zero attached hydrogens (tertiary/aromatic N) is 2. The second kappa shape index (κ2) is 5.81. The second-order valence-electron chi connectivity index (χ2n) is 5.41. The summed E-state index contributed by atoms with van der Waals surface area (Å²) in [5.41, 5.74) is -0.642. The van der Waals surface area contributed by atoms with E-state index in [1.807, 2.05) is 0 Å². The van der Waals surface area contributed by atoms with Crippen molar-refractivity contribution >= 4 is 11.9 Å². The number of aliphatic carboxylic acids is 1. The summed E-state index contributed by atoms with van der Waals surface area (Å²) in [4.78, 5) is 27.0. The van der Waals surface area contributed by atoms with E-state index in [0.717, 1.165) is 0 Å². The zero-order valence-corrected chi connectivity index (χ0v) is 11.6. The molecule has 7 nitrogen and oxygen atoms in total. The van der Waals surface area contributed by atoms with E-state index in [1.165, 1.54) is 0 Å². The number of rotatable bonds is 5. The van der Waals surface area contributed by atoms with Crippen LogP contribution in [0.4, 0.5) is 0 Å². The molecule has 1 heterocycles. The molecule has 0 aliphatic heterocycles. The van der Waals surface area contributed by atoms with E-state index in [0.29, 0.717) is 18.1 Å². The van der Waals surface area contributed by atoms with E-state index in [9.17, 15) is 9.59 Å². The summed E-state index contributed by atoms with van der Waals surface area (Å²) in [6.45, 7) is 7.11. The van der Waals surface area contributed by atoms with Crippen molar-refractivity contribution < 1.29 is 19.2 Å². The van der Waals surface area contributed by atoms with Gasteiger partial charge in [-0.1, -0.05) is 25.9 Å². The van der Waals surface area contributed by atoms with Crippen molar-refractivity contribution in [1.29, 1.82) is 0 Å². The first-order valence-corrected chi connectivity index (χ1v) is 6.01. The summed E-state index contributed by atoms with van der Waals surface area (Å²) in [6, 6.07) is 0. The van der Waals surface area contributed by atoms with Crippen LogP contribution >= 0.6 is 0 Å². The van der Waals surface area contributed by atoms with Crippen LogP contribution < -0.4 is 5.32 Å². The Morgan fingerprint density at radius 1 is 1.42 bits per heavy atom. The molecule has 0 bridgehead atoms. The Hall–Kier alpha value is -1.92. The minimum atomic E-state index is -1.13.